The topological polar surface area (TPSA) is 15.7 Å². The first-order chi connectivity index (χ1) is 12.1. The van der Waals surface area contributed by atoms with Crippen molar-refractivity contribution in [3.05, 3.63) is 57.3 Å². The van der Waals surface area contributed by atoms with Crippen molar-refractivity contribution in [1.82, 2.24) is 9.80 Å². The Hall–Kier alpha value is -1.20. The van der Waals surface area contributed by atoms with E-state index in [0.29, 0.717) is 6.10 Å². The van der Waals surface area contributed by atoms with Crippen molar-refractivity contribution >= 4 is 11.3 Å². The molecule has 136 valence electrons. The zero-order valence-electron chi connectivity index (χ0n) is 15.7. The first kappa shape index (κ1) is 18.6. The zero-order valence-corrected chi connectivity index (χ0v) is 16.5. The van der Waals surface area contributed by atoms with Gasteiger partial charge in [0.2, 0.25) is 0 Å². The van der Waals surface area contributed by atoms with E-state index in [2.05, 4.69) is 67.3 Å². The Balaban J connectivity index is 1.55. The fraction of sp³-hybridized carbons (Fsp3) is 0.524. The van der Waals surface area contributed by atoms with Crippen molar-refractivity contribution in [1.29, 1.82) is 0 Å². The second-order valence-electron chi connectivity index (χ2n) is 7.39. The number of rotatable bonds is 7. The van der Waals surface area contributed by atoms with E-state index >= 15 is 0 Å². The molecule has 3 rings (SSSR count). The van der Waals surface area contributed by atoms with Crippen LogP contribution in [0.2, 0.25) is 0 Å². The van der Waals surface area contributed by atoms with Crippen LogP contribution in [0.5, 0.6) is 0 Å². The molecular formula is C21H30N2OS. The summed E-state index contributed by atoms with van der Waals surface area (Å²) in [6, 6.07) is 13.5. The molecule has 0 amide bonds. The summed E-state index contributed by atoms with van der Waals surface area (Å²) in [4.78, 5) is 7.43. The molecule has 25 heavy (non-hydrogen) atoms. The molecule has 0 aliphatic carbocycles. The number of benzene rings is 1. The van der Waals surface area contributed by atoms with Crippen LogP contribution < -0.4 is 0 Å². The highest BCUT2D eigenvalue weighted by Gasteiger charge is 2.18. The van der Waals surface area contributed by atoms with Crippen LogP contribution in [0.15, 0.2) is 36.4 Å². The van der Waals surface area contributed by atoms with Gasteiger partial charge in [0.1, 0.15) is 0 Å². The van der Waals surface area contributed by atoms with Gasteiger partial charge in [0.15, 0.2) is 0 Å². The SMILES string of the molecule is CN(C)Cc1cccc(CN(C)Cc2ccc(C3CCCCO3)s2)c1. The van der Waals surface area contributed by atoms with Gasteiger partial charge in [0.05, 0.1) is 6.10 Å². The van der Waals surface area contributed by atoms with Gasteiger partial charge in [-0.1, -0.05) is 24.3 Å². The lowest BCUT2D eigenvalue weighted by Gasteiger charge is -2.21. The molecule has 3 nitrogen and oxygen atoms in total. The van der Waals surface area contributed by atoms with E-state index < -0.39 is 0 Å². The van der Waals surface area contributed by atoms with Crippen molar-refractivity contribution in [2.24, 2.45) is 0 Å². The quantitative estimate of drug-likeness (QED) is 0.714. The fourth-order valence-electron chi connectivity index (χ4n) is 3.44. The molecule has 1 saturated heterocycles. The molecule has 4 heteroatoms. The van der Waals surface area contributed by atoms with Gasteiger partial charge in [-0.15, -0.1) is 11.3 Å². The van der Waals surface area contributed by atoms with Gasteiger partial charge in [-0.05, 0) is 63.7 Å². The Kier molecular flexibility index (Phi) is 6.65. The van der Waals surface area contributed by atoms with Crippen LogP contribution in [0.4, 0.5) is 0 Å². The Labute approximate surface area is 156 Å². The predicted octanol–water partition coefficient (Wildman–Crippen LogP) is 4.68. The molecule has 0 bridgehead atoms. The van der Waals surface area contributed by atoms with Crippen LogP contribution in [-0.2, 0) is 24.4 Å². The second kappa shape index (κ2) is 8.95. The summed E-state index contributed by atoms with van der Waals surface area (Å²) >= 11 is 1.92. The van der Waals surface area contributed by atoms with Gasteiger partial charge in [-0.25, -0.2) is 0 Å². The summed E-state index contributed by atoms with van der Waals surface area (Å²) in [7, 11) is 6.43. The summed E-state index contributed by atoms with van der Waals surface area (Å²) in [5.41, 5.74) is 2.76. The molecule has 0 radical (unpaired) electrons. The summed E-state index contributed by atoms with van der Waals surface area (Å²) in [6.07, 6.45) is 4.01. The molecular weight excluding hydrogens is 328 g/mol. The van der Waals surface area contributed by atoms with Crippen LogP contribution >= 0.6 is 11.3 Å². The number of nitrogens with zero attached hydrogens (tertiary/aromatic N) is 2. The van der Waals surface area contributed by atoms with Crippen LogP contribution in [0.25, 0.3) is 0 Å². The molecule has 1 fully saturated rings. The second-order valence-corrected chi connectivity index (χ2v) is 8.59. The van der Waals surface area contributed by atoms with Crippen LogP contribution in [0.1, 0.15) is 46.2 Å². The maximum atomic E-state index is 5.92. The summed E-state index contributed by atoms with van der Waals surface area (Å²) in [6.45, 7) is 3.89. The average molecular weight is 359 g/mol. The Bertz CT molecular complexity index is 661. The van der Waals surface area contributed by atoms with Gasteiger partial charge in [-0.2, -0.15) is 0 Å². The van der Waals surface area contributed by atoms with E-state index in [4.69, 9.17) is 4.74 Å². The third-order valence-corrected chi connectivity index (χ3v) is 5.71. The number of hydrogen-bond donors (Lipinski definition) is 0. The highest BCUT2D eigenvalue weighted by molar-refractivity contribution is 7.12. The number of ether oxygens (including phenoxy) is 1. The van der Waals surface area contributed by atoms with E-state index in [9.17, 15) is 0 Å². The molecule has 2 heterocycles. The lowest BCUT2D eigenvalue weighted by Crippen LogP contribution is -2.17. The van der Waals surface area contributed by atoms with Gasteiger partial charge < -0.3 is 9.64 Å². The molecule has 1 aliphatic heterocycles. The molecule has 0 N–H and O–H groups in total. The number of thiophene rings is 1. The number of hydrogen-bond acceptors (Lipinski definition) is 4. The minimum atomic E-state index is 0.334. The third kappa shape index (κ3) is 5.65. The van der Waals surface area contributed by atoms with E-state index in [0.717, 1.165) is 26.2 Å². The monoisotopic (exact) mass is 358 g/mol. The van der Waals surface area contributed by atoms with E-state index in [1.807, 2.05) is 11.3 Å². The van der Waals surface area contributed by atoms with Crippen molar-refractivity contribution in [3.8, 4) is 0 Å². The molecule has 0 saturated carbocycles. The fourth-order valence-corrected chi connectivity index (χ4v) is 4.62. The highest BCUT2D eigenvalue weighted by atomic mass is 32.1. The molecule has 1 aromatic heterocycles. The van der Waals surface area contributed by atoms with Crippen LogP contribution in [-0.4, -0.2) is 37.5 Å². The lowest BCUT2D eigenvalue weighted by molar-refractivity contribution is 0.0172. The average Bonchev–Trinajstić information content (AvgIpc) is 3.03. The van der Waals surface area contributed by atoms with Crippen molar-refractivity contribution in [3.63, 3.8) is 0 Å². The molecule has 1 atom stereocenters. The summed E-state index contributed by atoms with van der Waals surface area (Å²) in [5, 5.41) is 0. The first-order valence-electron chi connectivity index (χ1n) is 9.21. The zero-order chi connectivity index (χ0) is 17.6. The van der Waals surface area contributed by atoms with E-state index in [1.54, 1.807) is 0 Å². The predicted molar refractivity (Wildman–Crippen MR) is 106 cm³/mol. The summed E-state index contributed by atoms with van der Waals surface area (Å²) in [5.74, 6) is 0. The maximum absolute atomic E-state index is 5.92. The van der Waals surface area contributed by atoms with Gasteiger partial charge in [0, 0.05) is 36.0 Å². The highest BCUT2D eigenvalue weighted by Crippen LogP contribution is 2.33. The van der Waals surface area contributed by atoms with E-state index in [1.165, 1.54) is 40.1 Å². The summed E-state index contributed by atoms with van der Waals surface area (Å²) < 4.78 is 5.92. The third-order valence-electron chi connectivity index (χ3n) is 4.55. The molecule has 2 aromatic rings. The Morgan fingerprint density at radius 2 is 1.80 bits per heavy atom. The lowest BCUT2D eigenvalue weighted by atomic mass is 10.1. The van der Waals surface area contributed by atoms with Crippen LogP contribution in [0, 0.1) is 0 Å². The largest absolute Gasteiger partial charge is 0.373 e. The molecule has 1 unspecified atom stereocenters. The standard InChI is InChI=1S/C21H30N2OS/c1-22(2)14-17-7-6-8-18(13-17)15-23(3)16-19-10-11-21(25-19)20-9-4-5-12-24-20/h6-8,10-11,13,20H,4-5,9,12,14-16H2,1-3H3. The minimum Gasteiger partial charge on any atom is -0.373 e. The normalized spacial score (nSPS) is 18.2. The minimum absolute atomic E-state index is 0.334. The molecule has 1 aliphatic rings. The Morgan fingerprint density at radius 1 is 1.00 bits per heavy atom. The van der Waals surface area contributed by atoms with Gasteiger partial charge >= 0.3 is 0 Å². The van der Waals surface area contributed by atoms with E-state index in [-0.39, 0.29) is 0 Å². The maximum Gasteiger partial charge on any atom is 0.0916 e. The van der Waals surface area contributed by atoms with Crippen molar-refractivity contribution in [2.45, 2.75) is 45.0 Å². The smallest absolute Gasteiger partial charge is 0.0916 e. The van der Waals surface area contributed by atoms with Gasteiger partial charge in [-0.3, -0.25) is 4.90 Å². The molecule has 0 spiro atoms. The van der Waals surface area contributed by atoms with Crippen LogP contribution in [0.3, 0.4) is 0 Å². The van der Waals surface area contributed by atoms with Gasteiger partial charge in [0.25, 0.3) is 0 Å². The van der Waals surface area contributed by atoms with Crippen molar-refractivity contribution < 1.29 is 4.74 Å². The van der Waals surface area contributed by atoms with Crippen molar-refractivity contribution in [2.75, 3.05) is 27.7 Å². The first-order valence-corrected chi connectivity index (χ1v) is 10.0. The Morgan fingerprint density at radius 3 is 2.52 bits per heavy atom. The molecule has 1 aromatic carbocycles.